The first kappa shape index (κ1) is 16.4. The lowest BCUT2D eigenvalue weighted by molar-refractivity contribution is -0.165. The standard InChI is InChI=1S/C10H10F3NO5S/c1-10(2,9(15)16)19-14-20(17,18)5-3-6(11)8(13)7(12)4-5/h3-4,14H,1-2H3,(H,15,16). The number of benzene rings is 1. The molecule has 0 aliphatic carbocycles. The monoisotopic (exact) mass is 313 g/mol. The maximum Gasteiger partial charge on any atom is 0.337 e. The maximum absolute atomic E-state index is 12.9. The number of hydrogen-bond acceptors (Lipinski definition) is 4. The number of carboxylic acids is 1. The molecule has 0 unspecified atom stereocenters. The number of halogens is 3. The van der Waals surface area contributed by atoms with Crippen molar-refractivity contribution >= 4 is 16.0 Å². The fraction of sp³-hybridized carbons (Fsp3) is 0.300. The van der Waals surface area contributed by atoms with Gasteiger partial charge in [-0.2, -0.15) is 0 Å². The molecule has 0 heterocycles. The number of nitrogens with one attached hydrogen (secondary N) is 1. The van der Waals surface area contributed by atoms with Crippen molar-refractivity contribution < 1.29 is 36.3 Å². The summed E-state index contributed by atoms with van der Waals surface area (Å²) in [7, 11) is -4.57. The van der Waals surface area contributed by atoms with Crippen molar-refractivity contribution in [2.75, 3.05) is 0 Å². The molecule has 0 aliphatic rings. The van der Waals surface area contributed by atoms with Gasteiger partial charge in [-0.15, -0.1) is 0 Å². The van der Waals surface area contributed by atoms with Gasteiger partial charge in [0.2, 0.25) is 0 Å². The second-order valence-corrected chi connectivity index (χ2v) is 5.85. The first-order valence-corrected chi connectivity index (χ1v) is 6.53. The SMILES string of the molecule is CC(C)(ONS(=O)(=O)c1cc(F)c(F)c(F)c1)C(=O)O. The first-order valence-electron chi connectivity index (χ1n) is 5.05. The highest BCUT2D eigenvalue weighted by atomic mass is 32.2. The maximum atomic E-state index is 12.9. The van der Waals surface area contributed by atoms with Gasteiger partial charge in [0.1, 0.15) is 0 Å². The van der Waals surface area contributed by atoms with Gasteiger partial charge in [-0.1, -0.05) is 4.89 Å². The Labute approximate surface area is 112 Å². The topological polar surface area (TPSA) is 92.7 Å². The average molecular weight is 313 g/mol. The van der Waals surface area contributed by atoms with Crippen LogP contribution in [0.2, 0.25) is 0 Å². The van der Waals surface area contributed by atoms with Crippen LogP contribution in [-0.2, 0) is 19.7 Å². The van der Waals surface area contributed by atoms with E-state index in [9.17, 15) is 26.4 Å². The van der Waals surface area contributed by atoms with Gasteiger partial charge in [0.05, 0.1) is 4.90 Å². The molecular weight excluding hydrogens is 303 g/mol. The zero-order valence-electron chi connectivity index (χ0n) is 10.3. The van der Waals surface area contributed by atoms with E-state index in [-0.39, 0.29) is 12.1 Å². The van der Waals surface area contributed by atoms with E-state index >= 15 is 0 Å². The van der Waals surface area contributed by atoms with Crippen molar-refractivity contribution in [3.05, 3.63) is 29.6 Å². The summed E-state index contributed by atoms with van der Waals surface area (Å²) in [6.07, 6.45) is 0. The largest absolute Gasteiger partial charge is 0.479 e. The van der Waals surface area contributed by atoms with Crippen LogP contribution in [-0.4, -0.2) is 25.1 Å². The van der Waals surface area contributed by atoms with E-state index in [1.54, 1.807) is 0 Å². The van der Waals surface area contributed by atoms with Crippen LogP contribution in [0.4, 0.5) is 13.2 Å². The Hall–Kier alpha value is -1.65. The number of aliphatic carboxylic acids is 1. The Morgan fingerprint density at radius 3 is 2.10 bits per heavy atom. The predicted molar refractivity (Wildman–Crippen MR) is 59.4 cm³/mol. The highest BCUT2D eigenvalue weighted by Gasteiger charge is 2.31. The molecule has 0 saturated heterocycles. The number of sulfonamides is 1. The van der Waals surface area contributed by atoms with Crippen molar-refractivity contribution in [1.82, 2.24) is 4.89 Å². The van der Waals surface area contributed by atoms with E-state index in [0.29, 0.717) is 0 Å². The van der Waals surface area contributed by atoms with Crippen molar-refractivity contribution in [3.63, 3.8) is 0 Å². The molecule has 10 heteroatoms. The molecule has 0 atom stereocenters. The molecule has 1 aromatic rings. The number of carboxylic acid groups (broad SMARTS) is 1. The van der Waals surface area contributed by atoms with Crippen LogP contribution in [0, 0.1) is 17.5 Å². The molecule has 0 saturated carbocycles. The summed E-state index contributed by atoms with van der Waals surface area (Å²) in [6.45, 7) is 2.09. The van der Waals surface area contributed by atoms with Gasteiger partial charge < -0.3 is 5.11 Å². The summed E-state index contributed by atoms with van der Waals surface area (Å²) in [5.74, 6) is -6.71. The molecule has 1 rings (SSSR count). The molecule has 2 N–H and O–H groups in total. The minimum absolute atomic E-state index is 0.234. The zero-order chi connectivity index (χ0) is 15.7. The molecule has 112 valence electrons. The summed E-state index contributed by atoms with van der Waals surface area (Å²) in [4.78, 5) is 15.6. The Kier molecular flexibility index (Phi) is 4.42. The summed E-state index contributed by atoms with van der Waals surface area (Å²) in [6, 6.07) is 0.468. The van der Waals surface area contributed by atoms with Crippen molar-refractivity contribution in [2.24, 2.45) is 0 Å². The highest BCUT2D eigenvalue weighted by Crippen LogP contribution is 2.18. The predicted octanol–water partition coefficient (Wildman–Crippen LogP) is 1.18. The Morgan fingerprint density at radius 2 is 1.70 bits per heavy atom. The molecule has 1 aromatic carbocycles. The van der Waals surface area contributed by atoms with Crippen molar-refractivity contribution in [2.45, 2.75) is 24.3 Å². The average Bonchev–Trinajstić information content (AvgIpc) is 2.33. The van der Waals surface area contributed by atoms with E-state index in [1.165, 1.54) is 4.89 Å². The third-order valence-electron chi connectivity index (χ3n) is 2.19. The third kappa shape index (κ3) is 3.46. The lowest BCUT2D eigenvalue weighted by Gasteiger charge is -2.19. The van der Waals surface area contributed by atoms with Gasteiger partial charge in [-0.3, -0.25) is 4.84 Å². The molecule has 0 spiro atoms. The van der Waals surface area contributed by atoms with Gasteiger partial charge in [-0.25, -0.2) is 26.4 Å². The summed E-state index contributed by atoms with van der Waals surface area (Å²) in [5, 5.41) is 8.70. The van der Waals surface area contributed by atoms with Crippen molar-refractivity contribution in [3.8, 4) is 0 Å². The zero-order valence-corrected chi connectivity index (χ0v) is 11.1. The third-order valence-corrected chi connectivity index (χ3v) is 3.35. The van der Waals surface area contributed by atoms with E-state index < -0.39 is 43.9 Å². The van der Waals surface area contributed by atoms with Gasteiger partial charge in [0.15, 0.2) is 23.1 Å². The van der Waals surface area contributed by atoms with E-state index in [4.69, 9.17) is 5.11 Å². The smallest absolute Gasteiger partial charge is 0.337 e. The van der Waals surface area contributed by atoms with E-state index in [1.807, 2.05) is 0 Å². The minimum atomic E-state index is -4.57. The molecule has 0 bridgehead atoms. The number of rotatable bonds is 5. The fourth-order valence-electron chi connectivity index (χ4n) is 0.938. The van der Waals surface area contributed by atoms with E-state index in [2.05, 4.69) is 4.84 Å². The van der Waals surface area contributed by atoms with Crippen LogP contribution in [0.5, 0.6) is 0 Å². The lowest BCUT2D eigenvalue weighted by Crippen LogP contribution is -2.41. The molecule has 0 fully saturated rings. The molecule has 0 aromatic heterocycles. The Morgan fingerprint density at radius 1 is 1.25 bits per heavy atom. The van der Waals surface area contributed by atoms with Crippen LogP contribution in [0.15, 0.2) is 17.0 Å². The fourth-order valence-corrected chi connectivity index (χ4v) is 1.87. The summed E-state index contributed by atoms with van der Waals surface area (Å²) in [5.41, 5.74) is -1.91. The van der Waals surface area contributed by atoms with Gasteiger partial charge >= 0.3 is 5.97 Å². The number of carbonyl (C=O) groups is 1. The van der Waals surface area contributed by atoms with Crippen LogP contribution in [0.3, 0.4) is 0 Å². The summed E-state index contributed by atoms with van der Waals surface area (Å²) >= 11 is 0. The molecule has 6 nitrogen and oxygen atoms in total. The first-order chi connectivity index (χ1) is 8.97. The van der Waals surface area contributed by atoms with Crippen LogP contribution < -0.4 is 4.89 Å². The molecular formula is C10H10F3NO5S. The van der Waals surface area contributed by atoms with Crippen LogP contribution >= 0.6 is 0 Å². The summed E-state index contributed by atoms with van der Waals surface area (Å²) < 4.78 is 61.8. The molecule has 20 heavy (non-hydrogen) atoms. The van der Waals surface area contributed by atoms with Gasteiger partial charge in [0, 0.05) is 0 Å². The normalized spacial score (nSPS) is 12.4. The quantitative estimate of drug-likeness (QED) is 0.629. The minimum Gasteiger partial charge on any atom is -0.479 e. The Bertz CT molecular complexity index is 621. The molecule has 0 amide bonds. The Balaban J connectivity index is 3.04. The molecule has 0 radical (unpaired) electrons. The second kappa shape index (κ2) is 5.38. The van der Waals surface area contributed by atoms with E-state index in [0.717, 1.165) is 13.8 Å². The van der Waals surface area contributed by atoms with Crippen LogP contribution in [0.25, 0.3) is 0 Å². The molecule has 0 aliphatic heterocycles. The van der Waals surface area contributed by atoms with Crippen molar-refractivity contribution in [1.29, 1.82) is 0 Å². The van der Waals surface area contributed by atoms with Gasteiger partial charge in [-0.05, 0) is 26.0 Å². The van der Waals surface area contributed by atoms with Crippen LogP contribution in [0.1, 0.15) is 13.8 Å². The highest BCUT2D eigenvalue weighted by molar-refractivity contribution is 7.89. The van der Waals surface area contributed by atoms with Gasteiger partial charge in [0.25, 0.3) is 10.0 Å². The lowest BCUT2D eigenvalue weighted by atomic mass is 10.1. The number of hydrogen-bond donors (Lipinski definition) is 2. The second-order valence-electron chi connectivity index (χ2n) is 4.21.